The normalized spacial score (nSPS) is 13.4. The first-order valence-electron chi connectivity index (χ1n) is 5.61. The van der Waals surface area contributed by atoms with Crippen LogP contribution in [0.1, 0.15) is 21.5 Å². The predicted molar refractivity (Wildman–Crippen MR) is 65.7 cm³/mol. The zero-order chi connectivity index (χ0) is 11.8. The SMILES string of the molecule is Cc1ccc(-c2ccc3c(c2)C(=O)OC3)cc1. The minimum Gasteiger partial charge on any atom is -0.457 e. The highest BCUT2D eigenvalue weighted by Crippen LogP contribution is 2.27. The van der Waals surface area contributed by atoms with E-state index in [0.717, 1.165) is 16.7 Å². The van der Waals surface area contributed by atoms with Crippen LogP contribution in [0.25, 0.3) is 11.1 Å². The first-order chi connectivity index (χ1) is 8.24. The molecule has 2 aromatic carbocycles. The maximum absolute atomic E-state index is 11.5. The van der Waals surface area contributed by atoms with Crippen molar-refractivity contribution in [1.82, 2.24) is 0 Å². The van der Waals surface area contributed by atoms with Crippen molar-refractivity contribution in [3.05, 3.63) is 59.2 Å². The van der Waals surface area contributed by atoms with Crippen molar-refractivity contribution >= 4 is 5.97 Å². The lowest BCUT2D eigenvalue weighted by Gasteiger charge is -2.03. The summed E-state index contributed by atoms with van der Waals surface area (Å²) in [5, 5.41) is 0. The summed E-state index contributed by atoms with van der Waals surface area (Å²) in [5.41, 5.74) is 5.09. The number of hydrogen-bond donors (Lipinski definition) is 0. The molecular weight excluding hydrogens is 212 g/mol. The number of aryl methyl sites for hydroxylation is 1. The van der Waals surface area contributed by atoms with Gasteiger partial charge in [-0.1, -0.05) is 42.0 Å². The molecule has 1 aliphatic heterocycles. The van der Waals surface area contributed by atoms with Crippen molar-refractivity contribution in [3.63, 3.8) is 0 Å². The standard InChI is InChI=1S/C15H12O2/c1-10-2-4-11(5-3-10)12-6-7-13-9-17-15(16)14(13)8-12/h2-8H,9H2,1H3. The number of cyclic esters (lactones) is 1. The molecule has 0 aliphatic carbocycles. The molecule has 0 N–H and O–H groups in total. The van der Waals surface area contributed by atoms with Crippen LogP contribution in [0.5, 0.6) is 0 Å². The van der Waals surface area contributed by atoms with Crippen molar-refractivity contribution in [2.45, 2.75) is 13.5 Å². The van der Waals surface area contributed by atoms with Crippen LogP contribution in [0.2, 0.25) is 0 Å². The van der Waals surface area contributed by atoms with E-state index in [1.807, 2.05) is 18.2 Å². The summed E-state index contributed by atoms with van der Waals surface area (Å²) in [5.74, 6) is -0.214. The van der Waals surface area contributed by atoms with E-state index in [-0.39, 0.29) is 5.97 Å². The number of ether oxygens (including phenoxy) is 1. The second-order valence-corrected chi connectivity index (χ2v) is 4.31. The van der Waals surface area contributed by atoms with Gasteiger partial charge < -0.3 is 4.74 Å². The van der Waals surface area contributed by atoms with E-state index in [4.69, 9.17) is 4.74 Å². The fraction of sp³-hybridized carbons (Fsp3) is 0.133. The van der Waals surface area contributed by atoms with Gasteiger partial charge in [0.2, 0.25) is 0 Å². The molecule has 0 bridgehead atoms. The monoisotopic (exact) mass is 224 g/mol. The first-order valence-corrected chi connectivity index (χ1v) is 5.61. The average Bonchev–Trinajstić information content (AvgIpc) is 2.72. The Hall–Kier alpha value is -2.09. The first kappa shape index (κ1) is 10.1. The van der Waals surface area contributed by atoms with Gasteiger partial charge in [-0.2, -0.15) is 0 Å². The molecule has 0 fully saturated rings. The van der Waals surface area contributed by atoms with Crippen LogP contribution in [0.4, 0.5) is 0 Å². The van der Waals surface area contributed by atoms with E-state index in [0.29, 0.717) is 12.2 Å². The Kier molecular flexibility index (Phi) is 2.22. The summed E-state index contributed by atoms with van der Waals surface area (Å²) >= 11 is 0. The highest BCUT2D eigenvalue weighted by Gasteiger charge is 2.21. The number of hydrogen-bond acceptors (Lipinski definition) is 2. The van der Waals surface area contributed by atoms with Crippen LogP contribution in [0.3, 0.4) is 0 Å². The number of benzene rings is 2. The van der Waals surface area contributed by atoms with Gasteiger partial charge in [0.05, 0.1) is 5.56 Å². The highest BCUT2D eigenvalue weighted by molar-refractivity contribution is 5.94. The molecular formula is C15H12O2. The molecule has 0 spiro atoms. The van der Waals surface area contributed by atoms with Crippen molar-refractivity contribution in [2.24, 2.45) is 0 Å². The lowest BCUT2D eigenvalue weighted by atomic mass is 10.00. The Labute approximate surface area is 99.9 Å². The quantitative estimate of drug-likeness (QED) is 0.694. The molecule has 0 amide bonds. The van der Waals surface area contributed by atoms with Gasteiger partial charge in [0.1, 0.15) is 6.61 Å². The predicted octanol–water partition coefficient (Wildman–Crippen LogP) is 3.33. The lowest BCUT2D eigenvalue weighted by Crippen LogP contribution is -1.93. The second-order valence-electron chi connectivity index (χ2n) is 4.31. The fourth-order valence-electron chi connectivity index (χ4n) is 2.04. The molecule has 17 heavy (non-hydrogen) atoms. The van der Waals surface area contributed by atoms with Crippen LogP contribution >= 0.6 is 0 Å². The van der Waals surface area contributed by atoms with Gasteiger partial charge in [0.25, 0.3) is 0 Å². The van der Waals surface area contributed by atoms with E-state index < -0.39 is 0 Å². The minimum atomic E-state index is -0.214. The topological polar surface area (TPSA) is 26.3 Å². The maximum Gasteiger partial charge on any atom is 0.338 e. The van der Waals surface area contributed by atoms with Gasteiger partial charge in [-0.05, 0) is 24.1 Å². The van der Waals surface area contributed by atoms with E-state index in [1.165, 1.54) is 5.56 Å². The number of esters is 1. The smallest absolute Gasteiger partial charge is 0.338 e. The van der Waals surface area contributed by atoms with Gasteiger partial charge in [-0.25, -0.2) is 4.79 Å². The van der Waals surface area contributed by atoms with E-state index in [2.05, 4.69) is 31.2 Å². The molecule has 0 radical (unpaired) electrons. The molecule has 84 valence electrons. The Bertz CT molecular complexity index is 582. The van der Waals surface area contributed by atoms with Crippen LogP contribution in [-0.2, 0) is 11.3 Å². The number of carbonyl (C=O) groups excluding carboxylic acids is 1. The molecule has 2 aromatic rings. The molecule has 3 rings (SSSR count). The highest BCUT2D eigenvalue weighted by atomic mass is 16.5. The lowest BCUT2D eigenvalue weighted by molar-refractivity contribution is 0.0535. The van der Waals surface area contributed by atoms with Crippen LogP contribution in [0, 0.1) is 6.92 Å². The van der Waals surface area contributed by atoms with Gasteiger partial charge in [-0.3, -0.25) is 0 Å². The zero-order valence-corrected chi connectivity index (χ0v) is 9.57. The molecule has 2 nitrogen and oxygen atoms in total. The molecule has 0 saturated heterocycles. The Morgan fingerprint density at radius 3 is 2.47 bits per heavy atom. The summed E-state index contributed by atoms with van der Waals surface area (Å²) in [6, 6.07) is 14.2. The van der Waals surface area contributed by atoms with Crippen molar-refractivity contribution in [2.75, 3.05) is 0 Å². The molecule has 0 unspecified atom stereocenters. The molecule has 0 saturated carbocycles. The summed E-state index contributed by atoms with van der Waals surface area (Å²) in [4.78, 5) is 11.5. The molecule has 2 heteroatoms. The summed E-state index contributed by atoms with van der Waals surface area (Å²) < 4.78 is 4.99. The zero-order valence-electron chi connectivity index (χ0n) is 9.57. The molecule has 1 aliphatic rings. The minimum absolute atomic E-state index is 0.214. The summed E-state index contributed by atoms with van der Waals surface area (Å²) in [7, 11) is 0. The summed E-state index contributed by atoms with van der Waals surface area (Å²) in [6.07, 6.45) is 0. The Morgan fingerprint density at radius 2 is 1.71 bits per heavy atom. The fourth-order valence-corrected chi connectivity index (χ4v) is 2.04. The van der Waals surface area contributed by atoms with Gasteiger partial charge in [-0.15, -0.1) is 0 Å². The number of fused-ring (bicyclic) bond motifs is 1. The van der Waals surface area contributed by atoms with Crippen molar-refractivity contribution in [3.8, 4) is 11.1 Å². The largest absolute Gasteiger partial charge is 0.457 e. The summed E-state index contributed by atoms with van der Waals surface area (Å²) in [6.45, 7) is 2.46. The third kappa shape index (κ3) is 1.72. The van der Waals surface area contributed by atoms with Gasteiger partial charge in [0, 0.05) is 5.56 Å². The molecule has 0 aromatic heterocycles. The third-order valence-electron chi connectivity index (χ3n) is 3.07. The molecule has 1 heterocycles. The Morgan fingerprint density at radius 1 is 1.00 bits per heavy atom. The maximum atomic E-state index is 11.5. The van der Waals surface area contributed by atoms with Gasteiger partial charge in [0.15, 0.2) is 0 Å². The van der Waals surface area contributed by atoms with E-state index in [1.54, 1.807) is 0 Å². The van der Waals surface area contributed by atoms with Crippen molar-refractivity contribution < 1.29 is 9.53 Å². The second kappa shape index (κ2) is 3.74. The van der Waals surface area contributed by atoms with E-state index in [9.17, 15) is 4.79 Å². The number of carbonyl (C=O) groups is 1. The number of rotatable bonds is 1. The van der Waals surface area contributed by atoms with Gasteiger partial charge >= 0.3 is 5.97 Å². The molecule has 0 atom stereocenters. The third-order valence-corrected chi connectivity index (χ3v) is 3.07. The van der Waals surface area contributed by atoms with Crippen LogP contribution in [0.15, 0.2) is 42.5 Å². The Balaban J connectivity index is 2.08. The van der Waals surface area contributed by atoms with E-state index >= 15 is 0 Å². The van der Waals surface area contributed by atoms with Crippen LogP contribution in [-0.4, -0.2) is 5.97 Å². The van der Waals surface area contributed by atoms with Crippen molar-refractivity contribution in [1.29, 1.82) is 0 Å². The van der Waals surface area contributed by atoms with Crippen LogP contribution < -0.4 is 0 Å². The average molecular weight is 224 g/mol.